The molecule has 6 heteroatoms. The van der Waals surface area contributed by atoms with Crippen molar-refractivity contribution in [2.75, 3.05) is 0 Å². The zero-order chi connectivity index (χ0) is 10.8. The van der Waals surface area contributed by atoms with Crippen LogP contribution in [0, 0.1) is 5.82 Å². The highest BCUT2D eigenvalue weighted by molar-refractivity contribution is 5.06. The summed E-state index contributed by atoms with van der Waals surface area (Å²) in [6.07, 6.45) is -6.99. The van der Waals surface area contributed by atoms with Crippen molar-refractivity contribution in [1.29, 1.82) is 0 Å². The molecule has 0 amide bonds. The number of alkyl halides is 3. The second-order valence-electron chi connectivity index (χ2n) is 2.73. The van der Waals surface area contributed by atoms with Crippen LogP contribution in [-0.4, -0.2) is 22.4 Å². The molecule has 1 aromatic rings. The molecular formula is C8H7F4NO. The molecule has 0 fully saturated rings. The Balaban J connectivity index is 2.65. The maximum atomic E-state index is 12.3. The van der Waals surface area contributed by atoms with Gasteiger partial charge in [0.05, 0.1) is 6.20 Å². The Hall–Kier alpha value is -1.17. The Morgan fingerprint density at radius 3 is 2.43 bits per heavy atom. The molecule has 0 saturated carbocycles. The summed E-state index contributed by atoms with van der Waals surface area (Å²) in [7, 11) is 0. The van der Waals surface area contributed by atoms with Crippen LogP contribution < -0.4 is 0 Å². The van der Waals surface area contributed by atoms with E-state index in [0.29, 0.717) is 0 Å². The maximum absolute atomic E-state index is 12.3. The fourth-order valence-corrected chi connectivity index (χ4v) is 0.841. The SMILES string of the molecule is OC(Cc1ccc(F)cn1)C(F)(F)F. The summed E-state index contributed by atoms with van der Waals surface area (Å²) in [6.45, 7) is 0. The largest absolute Gasteiger partial charge is 0.414 e. The van der Waals surface area contributed by atoms with Gasteiger partial charge in [0.25, 0.3) is 0 Å². The topological polar surface area (TPSA) is 33.1 Å². The van der Waals surface area contributed by atoms with E-state index in [1.165, 1.54) is 0 Å². The van der Waals surface area contributed by atoms with Crippen molar-refractivity contribution in [3.63, 3.8) is 0 Å². The molecular weight excluding hydrogens is 202 g/mol. The predicted molar refractivity (Wildman–Crippen MR) is 40.0 cm³/mol. The van der Waals surface area contributed by atoms with Crippen LogP contribution in [0.15, 0.2) is 18.3 Å². The van der Waals surface area contributed by atoms with Crippen LogP contribution >= 0.6 is 0 Å². The summed E-state index contributed by atoms with van der Waals surface area (Å²) in [5, 5.41) is 8.65. The van der Waals surface area contributed by atoms with Gasteiger partial charge in [-0.05, 0) is 12.1 Å². The molecule has 0 aliphatic rings. The second kappa shape index (κ2) is 3.91. The minimum atomic E-state index is -4.67. The molecule has 0 aliphatic heterocycles. The first-order valence-corrected chi connectivity index (χ1v) is 3.75. The number of rotatable bonds is 2. The van der Waals surface area contributed by atoms with E-state index in [9.17, 15) is 17.6 Å². The zero-order valence-electron chi connectivity index (χ0n) is 6.92. The highest BCUT2D eigenvalue weighted by Crippen LogP contribution is 2.22. The van der Waals surface area contributed by atoms with Crippen LogP contribution in [0.4, 0.5) is 17.6 Å². The van der Waals surface area contributed by atoms with Crippen LogP contribution in [0.2, 0.25) is 0 Å². The van der Waals surface area contributed by atoms with Gasteiger partial charge in [-0.3, -0.25) is 4.98 Å². The van der Waals surface area contributed by atoms with Gasteiger partial charge in [-0.2, -0.15) is 13.2 Å². The average molecular weight is 209 g/mol. The summed E-state index contributed by atoms with van der Waals surface area (Å²) in [6, 6.07) is 2.09. The smallest absolute Gasteiger partial charge is 0.383 e. The zero-order valence-corrected chi connectivity index (χ0v) is 6.92. The molecule has 0 aromatic carbocycles. The third kappa shape index (κ3) is 2.95. The van der Waals surface area contributed by atoms with Gasteiger partial charge in [0.1, 0.15) is 5.82 Å². The number of pyridine rings is 1. The first-order valence-electron chi connectivity index (χ1n) is 3.75. The van der Waals surface area contributed by atoms with Crippen LogP contribution in [0.1, 0.15) is 5.69 Å². The minimum Gasteiger partial charge on any atom is -0.383 e. The maximum Gasteiger partial charge on any atom is 0.414 e. The lowest BCUT2D eigenvalue weighted by atomic mass is 10.2. The van der Waals surface area contributed by atoms with Crippen molar-refractivity contribution in [3.05, 3.63) is 29.8 Å². The predicted octanol–water partition coefficient (Wildman–Crippen LogP) is 1.69. The number of aliphatic hydroxyl groups excluding tert-OH is 1. The van der Waals surface area contributed by atoms with Gasteiger partial charge < -0.3 is 5.11 Å². The summed E-state index contributed by atoms with van der Waals surface area (Å²) in [4.78, 5) is 3.40. The van der Waals surface area contributed by atoms with E-state index in [1.807, 2.05) is 0 Å². The molecule has 0 aliphatic carbocycles. The number of aromatic nitrogens is 1. The van der Waals surface area contributed by atoms with E-state index in [4.69, 9.17) is 5.11 Å². The molecule has 1 N–H and O–H groups in total. The molecule has 1 heterocycles. The molecule has 78 valence electrons. The van der Waals surface area contributed by atoms with Crippen LogP contribution in [0.5, 0.6) is 0 Å². The molecule has 0 spiro atoms. The average Bonchev–Trinajstić information content (AvgIpc) is 2.07. The molecule has 2 nitrogen and oxygen atoms in total. The molecule has 1 unspecified atom stereocenters. The third-order valence-corrected chi connectivity index (χ3v) is 1.57. The van der Waals surface area contributed by atoms with Gasteiger partial charge in [-0.1, -0.05) is 0 Å². The fourth-order valence-electron chi connectivity index (χ4n) is 0.841. The number of hydrogen-bond acceptors (Lipinski definition) is 2. The van der Waals surface area contributed by atoms with Crippen molar-refractivity contribution >= 4 is 0 Å². The summed E-state index contributed by atoms with van der Waals surface area (Å²) < 4.78 is 47.9. The minimum absolute atomic E-state index is 0.00350. The first kappa shape index (κ1) is 10.9. The summed E-state index contributed by atoms with van der Waals surface area (Å²) >= 11 is 0. The van der Waals surface area contributed by atoms with E-state index < -0.39 is 24.5 Å². The second-order valence-corrected chi connectivity index (χ2v) is 2.73. The Bertz CT molecular complexity index is 295. The van der Waals surface area contributed by atoms with Crippen molar-refractivity contribution in [2.24, 2.45) is 0 Å². The van der Waals surface area contributed by atoms with Gasteiger partial charge in [-0.25, -0.2) is 4.39 Å². The monoisotopic (exact) mass is 209 g/mol. The summed E-state index contributed by atoms with van der Waals surface area (Å²) in [5.41, 5.74) is -0.00350. The molecule has 1 atom stereocenters. The normalized spacial score (nSPS) is 14.1. The van der Waals surface area contributed by atoms with Gasteiger partial charge in [-0.15, -0.1) is 0 Å². The van der Waals surface area contributed by atoms with E-state index in [0.717, 1.165) is 18.3 Å². The van der Waals surface area contributed by atoms with Gasteiger partial charge in [0.2, 0.25) is 0 Å². The first-order chi connectivity index (χ1) is 6.39. The van der Waals surface area contributed by atoms with Gasteiger partial charge >= 0.3 is 6.18 Å². The van der Waals surface area contributed by atoms with E-state index in [-0.39, 0.29) is 5.69 Å². The molecule has 0 radical (unpaired) electrons. The van der Waals surface area contributed by atoms with E-state index in [2.05, 4.69) is 4.98 Å². The Kier molecular flexibility index (Phi) is 3.05. The fraction of sp³-hybridized carbons (Fsp3) is 0.375. The lowest BCUT2D eigenvalue weighted by molar-refractivity contribution is -0.203. The highest BCUT2D eigenvalue weighted by atomic mass is 19.4. The Morgan fingerprint density at radius 1 is 1.36 bits per heavy atom. The Labute approximate surface area is 77.2 Å². The Morgan fingerprint density at radius 2 is 2.00 bits per heavy atom. The van der Waals surface area contributed by atoms with E-state index in [1.54, 1.807) is 0 Å². The van der Waals surface area contributed by atoms with Crippen molar-refractivity contribution in [3.8, 4) is 0 Å². The highest BCUT2D eigenvalue weighted by Gasteiger charge is 2.38. The molecule has 0 saturated heterocycles. The van der Waals surface area contributed by atoms with Gasteiger partial charge in [0, 0.05) is 12.1 Å². The third-order valence-electron chi connectivity index (χ3n) is 1.57. The molecule has 0 bridgehead atoms. The van der Waals surface area contributed by atoms with Crippen molar-refractivity contribution in [2.45, 2.75) is 18.7 Å². The van der Waals surface area contributed by atoms with E-state index >= 15 is 0 Å². The molecule has 1 aromatic heterocycles. The quantitative estimate of drug-likeness (QED) is 0.752. The number of nitrogens with zero attached hydrogens (tertiary/aromatic N) is 1. The lowest BCUT2D eigenvalue weighted by Crippen LogP contribution is -2.30. The molecule has 14 heavy (non-hydrogen) atoms. The molecule has 1 rings (SSSR count). The lowest BCUT2D eigenvalue weighted by Gasteiger charge is -2.13. The van der Waals surface area contributed by atoms with Crippen molar-refractivity contribution < 1.29 is 22.7 Å². The number of aliphatic hydroxyl groups is 1. The number of hydrogen-bond donors (Lipinski definition) is 1. The van der Waals surface area contributed by atoms with Gasteiger partial charge in [0.15, 0.2) is 6.10 Å². The van der Waals surface area contributed by atoms with Crippen LogP contribution in [-0.2, 0) is 6.42 Å². The standard InChI is InChI=1S/C8H7F4NO/c9-5-1-2-6(13-4-5)3-7(14)8(10,11)12/h1-2,4,7,14H,3H2. The van der Waals surface area contributed by atoms with Crippen molar-refractivity contribution in [1.82, 2.24) is 4.98 Å². The van der Waals surface area contributed by atoms with Crippen LogP contribution in [0.3, 0.4) is 0 Å². The number of halogens is 4. The summed E-state index contributed by atoms with van der Waals surface area (Å²) in [5.74, 6) is -0.629. The van der Waals surface area contributed by atoms with Crippen LogP contribution in [0.25, 0.3) is 0 Å².